The standard InChI is InChI=1S/C6H10FN/c1-5(7)6-3-2-4-8-6/h6,8H,1-4H2/t6-/m0/s1. The lowest BCUT2D eigenvalue weighted by Crippen LogP contribution is -2.20. The fraction of sp³-hybridized carbons (Fsp3) is 0.667. The zero-order valence-corrected chi connectivity index (χ0v) is 4.78. The fourth-order valence-electron chi connectivity index (χ4n) is 0.952. The predicted octanol–water partition coefficient (Wildman–Crippen LogP) is 1.22. The van der Waals surface area contributed by atoms with E-state index in [2.05, 4.69) is 11.9 Å². The summed E-state index contributed by atoms with van der Waals surface area (Å²) < 4.78 is 12.1. The molecule has 1 aliphatic rings. The molecule has 0 aromatic rings. The zero-order valence-electron chi connectivity index (χ0n) is 4.78. The Hall–Kier alpha value is -0.370. The van der Waals surface area contributed by atoms with Crippen molar-refractivity contribution in [3.05, 3.63) is 12.4 Å². The fourth-order valence-corrected chi connectivity index (χ4v) is 0.952. The lowest BCUT2D eigenvalue weighted by Gasteiger charge is -2.02. The van der Waals surface area contributed by atoms with Gasteiger partial charge in [-0.2, -0.15) is 0 Å². The molecule has 8 heavy (non-hydrogen) atoms. The van der Waals surface area contributed by atoms with Gasteiger partial charge in [-0.05, 0) is 19.4 Å². The first-order chi connectivity index (χ1) is 3.80. The van der Waals surface area contributed by atoms with Gasteiger partial charge in [0.2, 0.25) is 0 Å². The van der Waals surface area contributed by atoms with Gasteiger partial charge in [0.1, 0.15) is 5.83 Å². The van der Waals surface area contributed by atoms with E-state index >= 15 is 0 Å². The van der Waals surface area contributed by atoms with Gasteiger partial charge in [-0.1, -0.05) is 6.58 Å². The quantitative estimate of drug-likeness (QED) is 0.541. The molecule has 1 heterocycles. The summed E-state index contributed by atoms with van der Waals surface area (Å²) in [7, 11) is 0. The molecule has 1 nitrogen and oxygen atoms in total. The molecule has 0 spiro atoms. The van der Waals surface area contributed by atoms with Gasteiger partial charge >= 0.3 is 0 Å². The van der Waals surface area contributed by atoms with Crippen molar-refractivity contribution in [1.82, 2.24) is 5.32 Å². The smallest absolute Gasteiger partial charge is 0.110 e. The summed E-state index contributed by atoms with van der Waals surface area (Å²) in [4.78, 5) is 0. The number of hydrogen-bond donors (Lipinski definition) is 1. The van der Waals surface area contributed by atoms with Gasteiger partial charge in [0.05, 0.1) is 6.04 Å². The minimum atomic E-state index is -0.220. The molecule has 1 fully saturated rings. The summed E-state index contributed by atoms with van der Waals surface area (Å²) in [5, 5.41) is 2.98. The first-order valence-electron chi connectivity index (χ1n) is 2.88. The van der Waals surface area contributed by atoms with Gasteiger partial charge < -0.3 is 5.32 Å². The van der Waals surface area contributed by atoms with Crippen molar-refractivity contribution in [2.75, 3.05) is 6.54 Å². The minimum Gasteiger partial charge on any atom is -0.308 e. The molecule has 1 N–H and O–H groups in total. The predicted molar refractivity (Wildman–Crippen MR) is 31.3 cm³/mol. The van der Waals surface area contributed by atoms with E-state index in [0.717, 1.165) is 19.4 Å². The number of rotatable bonds is 1. The number of nitrogens with one attached hydrogen (secondary N) is 1. The third-order valence-electron chi connectivity index (χ3n) is 1.44. The molecule has 0 aromatic carbocycles. The maximum absolute atomic E-state index is 12.1. The van der Waals surface area contributed by atoms with Crippen LogP contribution in [0.25, 0.3) is 0 Å². The van der Waals surface area contributed by atoms with Gasteiger partial charge in [0.15, 0.2) is 0 Å². The molecule has 0 unspecified atom stereocenters. The molecule has 2 heteroatoms. The van der Waals surface area contributed by atoms with Crippen molar-refractivity contribution in [2.45, 2.75) is 18.9 Å². The molecular formula is C6H10FN. The van der Waals surface area contributed by atoms with E-state index in [1.807, 2.05) is 0 Å². The molecule has 1 atom stereocenters. The molecule has 1 rings (SSSR count). The summed E-state index contributed by atoms with van der Waals surface area (Å²) in [6.07, 6.45) is 1.99. The van der Waals surface area contributed by atoms with Crippen LogP contribution in [0.2, 0.25) is 0 Å². The normalized spacial score (nSPS) is 28.4. The number of halogens is 1. The molecule has 46 valence electrons. The zero-order chi connectivity index (χ0) is 5.98. The minimum absolute atomic E-state index is 0.0463. The second-order valence-corrected chi connectivity index (χ2v) is 2.10. The van der Waals surface area contributed by atoms with Crippen LogP contribution in [0.5, 0.6) is 0 Å². The maximum atomic E-state index is 12.1. The lowest BCUT2D eigenvalue weighted by atomic mass is 10.2. The first-order valence-corrected chi connectivity index (χ1v) is 2.88. The lowest BCUT2D eigenvalue weighted by molar-refractivity contribution is 0.514. The van der Waals surface area contributed by atoms with Gasteiger partial charge in [-0.25, -0.2) is 4.39 Å². The SMILES string of the molecule is C=C(F)[C@@H]1CCCN1. The van der Waals surface area contributed by atoms with Crippen LogP contribution in [0, 0.1) is 0 Å². The Balaban J connectivity index is 2.35. The van der Waals surface area contributed by atoms with E-state index in [9.17, 15) is 4.39 Å². The third-order valence-corrected chi connectivity index (χ3v) is 1.44. The average Bonchev–Trinajstić information content (AvgIpc) is 2.12. The molecule has 0 aliphatic carbocycles. The Kier molecular flexibility index (Phi) is 1.63. The summed E-state index contributed by atoms with van der Waals surface area (Å²) in [6.45, 7) is 4.15. The summed E-state index contributed by atoms with van der Waals surface area (Å²) in [5.74, 6) is -0.220. The van der Waals surface area contributed by atoms with Crippen molar-refractivity contribution in [2.24, 2.45) is 0 Å². The van der Waals surface area contributed by atoms with E-state index in [1.54, 1.807) is 0 Å². The van der Waals surface area contributed by atoms with Gasteiger partial charge in [-0.15, -0.1) is 0 Å². The highest BCUT2D eigenvalue weighted by molar-refractivity contribution is 4.97. The molecule has 1 saturated heterocycles. The van der Waals surface area contributed by atoms with Crippen molar-refractivity contribution < 1.29 is 4.39 Å². The molecule has 0 saturated carbocycles. The molecular weight excluding hydrogens is 105 g/mol. The summed E-state index contributed by atoms with van der Waals surface area (Å²) in [6, 6.07) is -0.0463. The molecule has 0 radical (unpaired) electrons. The van der Waals surface area contributed by atoms with Crippen LogP contribution in [-0.4, -0.2) is 12.6 Å². The van der Waals surface area contributed by atoms with Crippen molar-refractivity contribution in [3.63, 3.8) is 0 Å². The van der Waals surface area contributed by atoms with Gasteiger partial charge in [-0.3, -0.25) is 0 Å². The Morgan fingerprint density at radius 3 is 2.75 bits per heavy atom. The van der Waals surface area contributed by atoms with Crippen LogP contribution in [0.4, 0.5) is 4.39 Å². The number of hydrogen-bond acceptors (Lipinski definition) is 1. The average molecular weight is 115 g/mol. The van der Waals surface area contributed by atoms with E-state index in [-0.39, 0.29) is 11.9 Å². The van der Waals surface area contributed by atoms with Crippen molar-refractivity contribution >= 4 is 0 Å². The summed E-state index contributed by atoms with van der Waals surface area (Å²) >= 11 is 0. The maximum Gasteiger partial charge on any atom is 0.110 e. The largest absolute Gasteiger partial charge is 0.308 e. The van der Waals surface area contributed by atoms with Crippen LogP contribution >= 0.6 is 0 Å². The topological polar surface area (TPSA) is 12.0 Å². The highest BCUT2D eigenvalue weighted by atomic mass is 19.1. The van der Waals surface area contributed by atoms with Crippen molar-refractivity contribution in [1.29, 1.82) is 0 Å². The van der Waals surface area contributed by atoms with Gasteiger partial charge in [0, 0.05) is 0 Å². The Labute approximate surface area is 48.6 Å². The van der Waals surface area contributed by atoms with Crippen LogP contribution in [0.15, 0.2) is 12.4 Å². The van der Waals surface area contributed by atoms with E-state index in [1.165, 1.54) is 0 Å². The molecule has 0 amide bonds. The van der Waals surface area contributed by atoms with E-state index in [4.69, 9.17) is 0 Å². The van der Waals surface area contributed by atoms with Gasteiger partial charge in [0.25, 0.3) is 0 Å². The Morgan fingerprint density at radius 1 is 1.75 bits per heavy atom. The highest BCUT2D eigenvalue weighted by Crippen LogP contribution is 2.12. The Bertz CT molecular complexity index is 94.7. The van der Waals surface area contributed by atoms with Crippen LogP contribution in [0.1, 0.15) is 12.8 Å². The van der Waals surface area contributed by atoms with Crippen LogP contribution < -0.4 is 5.32 Å². The molecule has 0 bridgehead atoms. The first kappa shape index (κ1) is 5.76. The monoisotopic (exact) mass is 115 g/mol. The third kappa shape index (κ3) is 1.07. The second kappa shape index (κ2) is 2.27. The van der Waals surface area contributed by atoms with Crippen LogP contribution in [0.3, 0.4) is 0 Å². The summed E-state index contributed by atoms with van der Waals surface area (Å²) in [5.41, 5.74) is 0. The van der Waals surface area contributed by atoms with Crippen molar-refractivity contribution in [3.8, 4) is 0 Å². The Morgan fingerprint density at radius 2 is 2.50 bits per heavy atom. The van der Waals surface area contributed by atoms with E-state index < -0.39 is 0 Å². The molecule has 0 aromatic heterocycles. The van der Waals surface area contributed by atoms with Crippen LogP contribution in [-0.2, 0) is 0 Å². The molecule has 1 aliphatic heterocycles. The van der Waals surface area contributed by atoms with E-state index in [0.29, 0.717) is 0 Å². The highest BCUT2D eigenvalue weighted by Gasteiger charge is 2.15. The second-order valence-electron chi connectivity index (χ2n) is 2.10.